The number of hydrogen-bond donors (Lipinski definition) is 0. The first-order chi connectivity index (χ1) is 9.67. The van der Waals surface area contributed by atoms with Crippen LogP contribution < -0.4 is 4.74 Å². The van der Waals surface area contributed by atoms with Gasteiger partial charge in [-0.25, -0.2) is 4.98 Å². The SMILES string of the molecule is CCc1ccc(Oc2ccc3c(c2)ncn3C)c(Cl)c1. The fraction of sp³-hybridized carbons (Fsp3) is 0.188. The van der Waals surface area contributed by atoms with E-state index in [0.717, 1.165) is 23.2 Å². The van der Waals surface area contributed by atoms with E-state index in [-0.39, 0.29) is 0 Å². The number of aryl methyl sites for hydroxylation is 2. The van der Waals surface area contributed by atoms with E-state index in [2.05, 4.69) is 11.9 Å². The van der Waals surface area contributed by atoms with Gasteiger partial charge in [0.05, 0.1) is 22.4 Å². The monoisotopic (exact) mass is 286 g/mol. The number of aromatic nitrogens is 2. The summed E-state index contributed by atoms with van der Waals surface area (Å²) in [4.78, 5) is 4.32. The van der Waals surface area contributed by atoms with Crippen LogP contribution in [0.2, 0.25) is 5.02 Å². The number of rotatable bonds is 3. The Morgan fingerprint density at radius 3 is 2.80 bits per heavy atom. The van der Waals surface area contributed by atoms with Gasteiger partial charge >= 0.3 is 0 Å². The van der Waals surface area contributed by atoms with Gasteiger partial charge in [-0.2, -0.15) is 0 Å². The van der Waals surface area contributed by atoms with Crippen molar-refractivity contribution in [2.45, 2.75) is 13.3 Å². The van der Waals surface area contributed by atoms with E-state index < -0.39 is 0 Å². The fourth-order valence-corrected chi connectivity index (χ4v) is 2.40. The van der Waals surface area contributed by atoms with Crippen LogP contribution in [0.4, 0.5) is 0 Å². The molecule has 0 fully saturated rings. The molecule has 1 aromatic heterocycles. The third-order valence-electron chi connectivity index (χ3n) is 3.33. The van der Waals surface area contributed by atoms with Crippen molar-refractivity contribution in [2.75, 3.05) is 0 Å². The van der Waals surface area contributed by atoms with Crippen molar-refractivity contribution in [1.29, 1.82) is 0 Å². The summed E-state index contributed by atoms with van der Waals surface area (Å²) in [6.07, 6.45) is 2.75. The molecule has 0 aliphatic rings. The molecule has 3 aromatic rings. The summed E-state index contributed by atoms with van der Waals surface area (Å²) in [5, 5.41) is 0.630. The highest BCUT2D eigenvalue weighted by Gasteiger charge is 2.06. The Kier molecular flexibility index (Phi) is 3.36. The first kappa shape index (κ1) is 13.0. The fourth-order valence-electron chi connectivity index (χ4n) is 2.15. The van der Waals surface area contributed by atoms with E-state index >= 15 is 0 Å². The van der Waals surface area contributed by atoms with E-state index in [1.165, 1.54) is 5.56 Å². The third-order valence-corrected chi connectivity index (χ3v) is 3.62. The largest absolute Gasteiger partial charge is 0.456 e. The van der Waals surface area contributed by atoms with E-state index in [1.54, 1.807) is 6.33 Å². The van der Waals surface area contributed by atoms with Crippen LogP contribution in [0, 0.1) is 0 Å². The molecule has 0 atom stereocenters. The van der Waals surface area contributed by atoms with Gasteiger partial charge in [0.1, 0.15) is 11.5 Å². The molecule has 0 aliphatic carbocycles. The Morgan fingerprint density at radius 2 is 2.05 bits per heavy atom. The summed E-state index contributed by atoms with van der Waals surface area (Å²) in [5.74, 6) is 1.40. The molecular formula is C16H15ClN2O. The predicted molar refractivity (Wildman–Crippen MR) is 81.6 cm³/mol. The van der Waals surface area contributed by atoms with Crippen molar-refractivity contribution in [1.82, 2.24) is 9.55 Å². The average Bonchev–Trinajstić information content (AvgIpc) is 2.82. The maximum atomic E-state index is 6.24. The molecule has 1 heterocycles. The standard InChI is InChI=1S/C16H15ClN2O/c1-3-11-4-7-16(13(17)8-11)20-12-5-6-15-14(9-12)18-10-19(15)2/h4-10H,3H2,1-2H3. The Labute approximate surface area is 122 Å². The Hall–Kier alpha value is -2.00. The summed E-state index contributed by atoms with van der Waals surface area (Å²) in [5.41, 5.74) is 3.18. The smallest absolute Gasteiger partial charge is 0.146 e. The molecule has 2 aromatic carbocycles. The highest BCUT2D eigenvalue weighted by Crippen LogP contribution is 2.31. The number of benzene rings is 2. The minimum atomic E-state index is 0.630. The highest BCUT2D eigenvalue weighted by atomic mass is 35.5. The molecule has 0 spiro atoms. The number of nitrogens with zero attached hydrogens (tertiary/aromatic N) is 2. The molecule has 3 rings (SSSR count). The number of ether oxygens (including phenoxy) is 1. The van der Waals surface area contributed by atoms with Crippen LogP contribution in [0.15, 0.2) is 42.7 Å². The van der Waals surface area contributed by atoms with Crippen LogP contribution in [0.25, 0.3) is 11.0 Å². The van der Waals surface area contributed by atoms with Crippen LogP contribution in [0.5, 0.6) is 11.5 Å². The topological polar surface area (TPSA) is 27.1 Å². The van der Waals surface area contributed by atoms with Crippen molar-refractivity contribution in [3.63, 3.8) is 0 Å². The van der Waals surface area contributed by atoms with Gasteiger partial charge in [-0.1, -0.05) is 24.6 Å². The zero-order valence-corrected chi connectivity index (χ0v) is 12.2. The molecule has 0 amide bonds. The van der Waals surface area contributed by atoms with E-state index in [4.69, 9.17) is 16.3 Å². The number of halogens is 1. The minimum absolute atomic E-state index is 0.630. The van der Waals surface area contributed by atoms with Gasteiger partial charge in [-0.3, -0.25) is 0 Å². The number of imidazole rings is 1. The van der Waals surface area contributed by atoms with E-state index in [1.807, 2.05) is 48.0 Å². The molecule has 4 heteroatoms. The molecule has 3 nitrogen and oxygen atoms in total. The molecule has 0 aliphatic heterocycles. The normalized spacial score (nSPS) is 10.9. The Morgan fingerprint density at radius 1 is 1.20 bits per heavy atom. The lowest BCUT2D eigenvalue weighted by Gasteiger charge is -2.09. The Balaban J connectivity index is 1.92. The van der Waals surface area contributed by atoms with E-state index in [0.29, 0.717) is 10.8 Å². The summed E-state index contributed by atoms with van der Waals surface area (Å²) < 4.78 is 7.82. The van der Waals surface area contributed by atoms with Gasteiger partial charge in [-0.05, 0) is 36.2 Å². The Bertz CT molecular complexity index is 764. The maximum absolute atomic E-state index is 6.24. The average molecular weight is 287 g/mol. The van der Waals surface area contributed by atoms with Crippen molar-refractivity contribution in [2.24, 2.45) is 7.05 Å². The molecular weight excluding hydrogens is 272 g/mol. The van der Waals surface area contributed by atoms with E-state index in [9.17, 15) is 0 Å². The van der Waals surface area contributed by atoms with Crippen molar-refractivity contribution < 1.29 is 4.74 Å². The number of hydrogen-bond acceptors (Lipinski definition) is 2. The second kappa shape index (κ2) is 5.17. The summed E-state index contributed by atoms with van der Waals surface area (Å²) in [6.45, 7) is 2.10. The lowest BCUT2D eigenvalue weighted by molar-refractivity contribution is 0.483. The first-order valence-electron chi connectivity index (χ1n) is 6.54. The second-order valence-electron chi connectivity index (χ2n) is 4.73. The van der Waals surface area contributed by atoms with Crippen LogP contribution in [-0.4, -0.2) is 9.55 Å². The molecule has 102 valence electrons. The number of fused-ring (bicyclic) bond motifs is 1. The summed E-state index contributed by atoms with van der Waals surface area (Å²) >= 11 is 6.24. The zero-order valence-electron chi connectivity index (χ0n) is 11.4. The van der Waals surface area contributed by atoms with Gasteiger partial charge < -0.3 is 9.30 Å². The van der Waals surface area contributed by atoms with Crippen molar-refractivity contribution in [3.8, 4) is 11.5 Å². The van der Waals surface area contributed by atoms with Gasteiger partial charge in [-0.15, -0.1) is 0 Å². The molecule has 0 radical (unpaired) electrons. The van der Waals surface area contributed by atoms with Crippen LogP contribution in [-0.2, 0) is 13.5 Å². The third kappa shape index (κ3) is 2.37. The molecule has 20 heavy (non-hydrogen) atoms. The first-order valence-corrected chi connectivity index (χ1v) is 6.92. The van der Waals surface area contributed by atoms with Crippen molar-refractivity contribution >= 4 is 22.6 Å². The molecule has 0 saturated heterocycles. The minimum Gasteiger partial charge on any atom is -0.456 e. The molecule has 0 saturated carbocycles. The van der Waals surface area contributed by atoms with Gasteiger partial charge in [0.15, 0.2) is 0 Å². The quantitative estimate of drug-likeness (QED) is 0.704. The van der Waals surface area contributed by atoms with Gasteiger partial charge in [0.25, 0.3) is 0 Å². The maximum Gasteiger partial charge on any atom is 0.146 e. The zero-order chi connectivity index (χ0) is 14.1. The molecule has 0 bridgehead atoms. The lowest BCUT2D eigenvalue weighted by atomic mass is 10.2. The highest BCUT2D eigenvalue weighted by molar-refractivity contribution is 6.32. The van der Waals surface area contributed by atoms with Crippen LogP contribution in [0.1, 0.15) is 12.5 Å². The molecule has 0 unspecified atom stereocenters. The second-order valence-corrected chi connectivity index (χ2v) is 5.13. The lowest BCUT2D eigenvalue weighted by Crippen LogP contribution is -1.88. The van der Waals surface area contributed by atoms with Crippen molar-refractivity contribution in [3.05, 3.63) is 53.3 Å². The molecule has 0 N–H and O–H groups in total. The summed E-state index contributed by atoms with van der Waals surface area (Å²) in [7, 11) is 1.97. The van der Waals surface area contributed by atoms with Crippen LogP contribution >= 0.6 is 11.6 Å². The van der Waals surface area contributed by atoms with Crippen LogP contribution in [0.3, 0.4) is 0 Å². The summed E-state index contributed by atoms with van der Waals surface area (Å²) in [6, 6.07) is 11.7. The van der Waals surface area contributed by atoms with Gasteiger partial charge in [0, 0.05) is 13.1 Å². The van der Waals surface area contributed by atoms with Gasteiger partial charge in [0.2, 0.25) is 0 Å². The predicted octanol–water partition coefficient (Wildman–Crippen LogP) is 4.58.